The van der Waals surface area contributed by atoms with Crippen LogP contribution in [-0.4, -0.2) is 68.2 Å². The van der Waals surface area contributed by atoms with Gasteiger partial charge in [0, 0.05) is 35.9 Å². The molecule has 6 nitrogen and oxygen atoms in total. The van der Waals surface area contributed by atoms with Gasteiger partial charge in [-0.05, 0) is 39.1 Å². The van der Waals surface area contributed by atoms with Crippen LogP contribution in [0.15, 0.2) is 41.3 Å². The third kappa shape index (κ3) is 4.55. The number of hydrogen-bond donors (Lipinski definition) is 0. The zero-order valence-electron chi connectivity index (χ0n) is 17.5. The summed E-state index contributed by atoms with van der Waals surface area (Å²) in [4.78, 5) is 19.3. The average molecular weight is 436 g/mol. The number of hydrogen-bond acceptors (Lipinski definition) is 5. The highest BCUT2D eigenvalue weighted by Crippen LogP contribution is 2.29. The van der Waals surface area contributed by atoms with E-state index < -0.39 is 10.0 Å². The second-order valence-corrected chi connectivity index (χ2v) is 10.8. The van der Waals surface area contributed by atoms with Crippen LogP contribution in [0, 0.1) is 13.8 Å². The Morgan fingerprint density at radius 1 is 1.14 bits per heavy atom. The van der Waals surface area contributed by atoms with Crippen LogP contribution in [0.2, 0.25) is 0 Å². The Bertz CT molecular complexity index is 949. The van der Waals surface area contributed by atoms with E-state index in [9.17, 15) is 13.2 Å². The van der Waals surface area contributed by atoms with E-state index in [1.807, 2.05) is 63.1 Å². The van der Waals surface area contributed by atoms with Gasteiger partial charge in [-0.3, -0.25) is 9.69 Å². The minimum absolute atomic E-state index is 0.0279. The Labute approximate surface area is 177 Å². The number of rotatable bonds is 6. The summed E-state index contributed by atoms with van der Waals surface area (Å²) in [6, 6.07) is 11.1. The Hall–Kier alpha value is -1.74. The van der Waals surface area contributed by atoms with Gasteiger partial charge in [-0.15, -0.1) is 11.3 Å². The van der Waals surface area contributed by atoms with Crippen molar-refractivity contribution in [2.24, 2.45) is 0 Å². The van der Waals surface area contributed by atoms with Gasteiger partial charge in [-0.1, -0.05) is 37.3 Å². The molecule has 0 bridgehead atoms. The van der Waals surface area contributed by atoms with E-state index >= 15 is 0 Å². The summed E-state index contributed by atoms with van der Waals surface area (Å²) < 4.78 is 27.6. The van der Waals surface area contributed by atoms with E-state index in [-0.39, 0.29) is 11.9 Å². The molecule has 8 heteroatoms. The van der Waals surface area contributed by atoms with E-state index in [0.29, 0.717) is 31.1 Å². The van der Waals surface area contributed by atoms with Crippen LogP contribution in [0.4, 0.5) is 0 Å². The van der Waals surface area contributed by atoms with E-state index in [1.165, 1.54) is 15.6 Å². The minimum Gasteiger partial charge on any atom is -0.338 e. The number of aryl methyl sites for hydroxylation is 2. The third-order valence-electron chi connectivity index (χ3n) is 5.45. The first-order valence-corrected chi connectivity index (χ1v) is 12.1. The molecule has 2 heterocycles. The van der Waals surface area contributed by atoms with Crippen LogP contribution < -0.4 is 0 Å². The molecule has 29 heavy (non-hydrogen) atoms. The molecule has 0 radical (unpaired) electrons. The molecule has 1 fully saturated rings. The smallest absolute Gasteiger partial charge is 0.244 e. The van der Waals surface area contributed by atoms with Crippen LogP contribution in [-0.2, 0) is 14.8 Å². The highest BCUT2D eigenvalue weighted by atomic mass is 32.2. The molecule has 2 aromatic rings. The van der Waals surface area contributed by atoms with Crippen LogP contribution in [0.25, 0.3) is 0 Å². The van der Waals surface area contributed by atoms with Crippen molar-refractivity contribution < 1.29 is 13.2 Å². The van der Waals surface area contributed by atoms with Crippen molar-refractivity contribution in [1.29, 1.82) is 0 Å². The second kappa shape index (κ2) is 8.95. The standard InChI is InChI=1S/C21H29N3O3S2/c1-5-22(4)20(18-9-7-6-8-10-18)21(25)23-11-13-24(14-12-23)29(26,27)19-15-16(2)28-17(19)3/h6-10,15,20H,5,11-14H2,1-4H3. The van der Waals surface area contributed by atoms with Crippen molar-refractivity contribution in [1.82, 2.24) is 14.1 Å². The van der Waals surface area contributed by atoms with Gasteiger partial charge < -0.3 is 4.90 Å². The molecule has 158 valence electrons. The molecule has 1 aromatic carbocycles. The zero-order valence-corrected chi connectivity index (χ0v) is 19.1. The summed E-state index contributed by atoms with van der Waals surface area (Å²) in [7, 11) is -1.58. The van der Waals surface area contributed by atoms with Crippen molar-refractivity contribution >= 4 is 27.3 Å². The van der Waals surface area contributed by atoms with Crippen LogP contribution in [0.1, 0.15) is 28.3 Å². The second-order valence-electron chi connectivity index (χ2n) is 7.39. The summed E-state index contributed by atoms with van der Waals surface area (Å²) in [6.45, 7) is 7.98. The number of nitrogens with zero attached hydrogens (tertiary/aromatic N) is 3. The van der Waals surface area contributed by atoms with E-state index in [2.05, 4.69) is 0 Å². The third-order valence-corrected chi connectivity index (χ3v) is 8.57. The molecule has 1 atom stereocenters. The predicted molar refractivity (Wildman–Crippen MR) is 117 cm³/mol. The molecule has 0 N–H and O–H groups in total. The van der Waals surface area contributed by atoms with Gasteiger partial charge in [0.2, 0.25) is 15.9 Å². The number of carbonyl (C=O) groups is 1. The van der Waals surface area contributed by atoms with Gasteiger partial charge in [0.25, 0.3) is 0 Å². The number of amides is 1. The minimum atomic E-state index is -3.52. The Morgan fingerprint density at radius 2 is 1.76 bits per heavy atom. The molecule has 3 rings (SSSR count). The molecule has 0 spiro atoms. The lowest BCUT2D eigenvalue weighted by Gasteiger charge is -2.37. The summed E-state index contributed by atoms with van der Waals surface area (Å²) in [5.41, 5.74) is 0.960. The van der Waals surface area contributed by atoms with Crippen molar-refractivity contribution in [3.05, 3.63) is 51.7 Å². The monoisotopic (exact) mass is 435 g/mol. The van der Waals surface area contributed by atoms with Gasteiger partial charge in [0.1, 0.15) is 6.04 Å². The molecule has 0 saturated carbocycles. The SMILES string of the molecule is CCN(C)C(C(=O)N1CCN(S(=O)(=O)c2cc(C)sc2C)CC1)c1ccccc1. The molecule has 1 amide bonds. The summed E-state index contributed by atoms with van der Waals surface area (Å²) in [5.74, 6) is 0.0279. The maximum atomic E-state index is 13.3. The molecule has 1 aliphatic rings. The van der Waals surface area contributed by atoms with Crippen LogP contribution >= 0.6 is 11.3 Å². The maximum absolute atomic E-state index is 13.3. The normalized spacial score (nSPS) is 16.9. The molecule has 1 aromatic heterocycles. The Balaban J connectivity index is 1.74. The molecule has 1 aliphatic heterocycles. The summed E-state index contributed by atoms with van der Waals surface area (Å²) in [6.07, 6.45) is 0. The lowest BCUT2D eigenvalue weighted by Crippen LogP contribution is -2.53. The van der Waals surface area contributed by atoms with Gasteiger partial charge in [-0.25, -0.2) is 8.42 Å². The highest BCUT2D eigenvalue weighted by Gasteiger charge is 2.35. The van der Waals surface area contributed by atoms with E-state index in [0.717, 1.165) is 21.9 Å². The van der Waals surface area contributed by atoms with E-state index in [4.69, 9.17) is 0 Å². The van der Waals surface area contributed by atoms with Gasteiger partial charge >= 0.3 is 0 Å². The van der Waals surface area contributed by atoms with Crippen LogP contribution in [0.3, 0.4) is 0 Å². The fourth-order valence-electron chi connectivity index (χ4n) is 3.73. The quantitative estimate of drug-likeness (QED) is 0.700. The molecule has 1 unspecified atom stereocenters. The molecule has 1 saturated heterocycles. The molecular weight excluding hydrogens is 406 g/mol. The number of thiophene rings is 1. The highest BCUT2D eigenvalue weighted by molar-refractivity contribution is 7.89. The first-order chi connectivity index (χ1) is 13.8. The zero-order chi connectivity index (χ0) is 21.2. The topological polar surface area (TPSA) is 60.9 Å². The van der Waals surface area contributed by atoms with Crippen molar-refractivity contribution in [2.45, 2.75) is 31.7 Å². The maximum Gasteiger partial charge on any atom is 0.244 e. The number of carbonyl (C=O) groups excluding carboxylic acids is 1. The van der Waals surface area contributed by atoms with Gasteiger partial charge in [0.15, 0.2) is 0 Å². The fourth-order valence-corrected chi connectivity index (χ4v) is 6.67. The first kappa shape index (κ1) is 22.0. The van der Waals surface area contributed by atoms with Gasteiger partial charge in [0.05, 0.1) is 4.90 Å². The average Bonchev–Trinajstić information content (AvgIpc) is 3.07. The van der Waals surface area contributed by atoms with E-state index in [1.54, 1.807) is 11.0 Å². The largest absolute Gasteiger partial charge is 0.338 e. The van der Waals surface area contributed by atoms with Crippen molar-refractivity contribution in [2.75, 3.05) is 39.8 Å². The summed E-state index contributed by atoms with van der Waals surface area (Å²) in [5, 5.41) is 0. The predicted octanol–water partition coefficient (Wildman–Crippen LogP) is 2.89. The lowest BCUT2D eigenvalue weighted by atomic mass is 10.0. The van der Waals surface area contributed by atoms with Gasteiger partial charge in [-0.2, -0.15) is 4.31 Å². The molecule has 0 aliphatic carbocycles. The lowest BCUT2D eigenvalue weighted by molar-refractivity contribution is -0.138. The summed E-state index contributed by atoms with van der Waals surface area (Å²) >= 11 is 1.50. The number of piperazine rings is 1. The molecular formula is C21H29N3O3S2. The number of benzene rings is 1. The number of sulfonamides is 1. The van der Waals surface area contributed by atoms with Crippen LogP contribution in [0.5, 0.6) is 0 Å². The van der Waals surface area contributed by atoms with Crippen molar-refractivity contribution in [3.8, 4) is 0 Å². The first-order valence-electron chi connectivity index (χ1n) is 9.87. The van der Waals surface area contributed by atoms with Crippen molar-refractivity contribution in [3.63, 3.8) is 0 Å². The Morgan fingerprint density at radius 3 is 2.28 bits per heavy atom. The Kier molecular flexibility index (Phi) is 6.78. The number of likely N-dealkylation sites (N-methyl/N-ethyl adjacent to an activating group) is 1. The fraction of sp³-hybridized carbons (Fsp3) is 0.476.